The number of nitro groups is 1. The van der Waals surface area contributed by atoms with Crippen molar-refractivity contribution < 1.29 is 9.72 Å². The minimum absolute atomic E-state index is 0.0588. The zero-order valence-corrected chi connectivity index (χ0v) is 16.5. The lowest BCUT2D eigenvalue weighted by Gasteiger charge is -2.07. The van der Waals surface area contributed by atoms with E-state index in [9.17, 15) is 14.9 Å². The van der Waals surface area contributed by atoms with Crippen LogP contribution in [-0.2, 0) is 0 Å². The summed E-state index contributed by atoms with van der Waals surface area (Å²) in [5, 5.41) is 14.6. The number of halogens is 1. The first-order valence-corrected chi connectivity index (χ1v) is 9.37. The van der Waals surface area contributed by atoms with Crippen LogP contribution in [0.5, 0.6) is 0 Å². The van der Waals surface area contributed by atoms with Crippen molar-refractivity contribution in [1.29, 1.82) is 0 Å². The quantitative estimate of drug-likeness (QED) is 0.356. The predicted octanol–water partition coefficient (Wildman–Crippen LogP) is 5.06. The van der Waals surface area contributed by atoms with E-state index in [0.717, 1.165) is 22.3 Å². The molecule has 1 N–H and O–H groups in total. The molecule has 3 rings (SSSR count). The van der Waals surface area contributed by atoms with Crippen LogP contribution in [0.1, 0.15) is 21.7 Å². The van der Waals surface area contributed by atoms with Gasteiger partial charge in [0.15, 0.2) is 5.16 Å². The number of rotatable bonds is 5. The van der Waals surface area contributed by atoms with E-state index in [-0.39, 0.29) is 16.3 Å². The van der Waals surface area contributed by atoms with Crippen LogP contribution in [0, 0.1) is 24.0 Å². The van der Waals surface area contributed by atoms with E-state index in [1.807, 2.05) is 32.0 Å². The van der Waals surface area contributed by atoms with E-state index in [0.29, 0.717) is 10.8 Å². The number of aryl methyl sites for hydroxylation is 2. The van der Waals surface area contributed by atoms with Gasteiger partial charge in [-0.15, -0.1) is 0 Å². The van der Waals surface area contributed by atoms with Crippen LogP contribution in [0.3, 0.4) is 0 Å². The van der Waals surface area contributed by atoms with E-state index in [4.69, 9.17) is 11.6 Å². The summed E-state index contributed by atoms with van der Waals surface area (Å²) in [6.07, 6.45) is 0. The van der Waals surface area contributed by atoms with Gasteiger partial charge >= 0.3 is 0 Å². The molecule has 0 saturated heterocycles. The summed E-state index contributed by atoms with van der Waals surface area (Å²) in [5.41, 5.74) is 1.90. The molecular formula is C19H15ClN4O3S. The van der Waals surface area contributed by atoms with Gasteiger partial charge in [0.1, 0.15) is 5.56 Å². The van der Waals surface area contributed by atoms with Crippen molar-refractivity contribution >= 4 is 40.6 Å². The number of anilines is 1. The van der Waals surface area contributed by atoms with Crippen molar-refractivity contribution in [1.82, 2.24) is 9.97 Å². The predicted molar refractivity (Wildman–Crippen MR) is 108 cm³/mol. The number of carbonyl (C=O) groups excluding carboxylic acids is 1. The summed E-state index contributed by atoms with van der Waals surface area (Å²) in [4.78, 5) is 32.6. The molecule has 1 aromatic heterocycles. The van der Waals surface area contributed by atoms with Crippen LogP contribution in [0.2, 0.25) is 5.02 Å². The SMILES string of the molecule is Cc1cc(C)nc(Sc2ccc(NC(=O)c3ccc(Cl)cc3[N+](=O)[O-])cc2)n1. The number of nitrogens with one attached hydrogen (secondary N) is 1. The van der Waals surface area contributed by atoms with E-state index in [2.05, 4.69) is 15.3 Å². The van der Waals surface area contributed by atoms with Crippen molar-refractivity contribution in [2.75, 3.05) is 5.32 Å². The van der Waals surface area contributed by atoms with Gasteiger partial charge in [-0.2, -0.15) is 0 Å². The molecule has 142 valence electrons. The monoisotopic (exact) mass is 414 g/mol. The fraction of sp³-hybridized carbons (Fsp3) is 0.105. The second kappa shape index (κ2) is 8.37. The van der Waals surface area contributed by atoms with Gasteiger partial charge < -0.3 is 5.32 Å². The maximum atomic E-state index is 12.4. The van der Waals surface area contributed by atoms with Crippen LogP contribution in [0.15, 0.2) is 58.6 Å². The molecule has 0 unspecified atom stereocenters. The zero-order valence-electron chi connectivity index (χ0n) is 15.0. The number of amides is 1. The standard InChI is InChI=1S/C19H15ClN4O3S/c1-11-9-12(2)22-19(21-11)28-15-6-4-14(5-7-15)23-18(25)16-8-3-13(20)10-17(16)24(26)27/h3-10H,1-2H3,(H,23,25). The van der Waals surface area contributed by atoms with Crippen molar-refractivity contribution in [3.8, 4) is 0 Å². The Bertz CT molecular complexity index is 1040. The molecule has 0 bridgehead atoms. The topological polar surface area (TPSA) is 98.0 Å². The maximum absolute atomic E-state index is 12.4. The maximum Gasteiger partial charge on any atom is 0.283 e. The zero-order chi connectivity index (χ0) is 20.3. The number of nitrogens with zero attached hydrogens (tertiary/aromatic N) is 3. The Morgan fingerprint density at radius 2 is 1.71 bits per heavy atom. The van der Waals surface area contributed by atoms with Crippen LogP contribution >= 0.6 is 23.4 Å². The highest BCUT2D eigenvalue weighted by atomic mass is 35.5. The summed E-state index contributed by atoms with van der Waals surface area (Å²) in [6, 6.07) is 12.9. The van der Waals surface area contributed by atoms with E-state index < -0.39 is 10.8 Å². The lowest BCUT2D eigenvalue weighted by atomic mass is 10.1. The van der Waals surface area contributed by atoms with Gasteiger partial charge in [-0.05, 0) is 68.1 Å². The van der Waals surface area contributed by atoms with Crippen LogP contribution in [-0.4, -0.2) is 20.8 Å². The molecule has 1 heterocycles. The summed E-state index contributed by atoms with van der Waals surface area (Å²) < 4.78 is 0. The van der Waals surface area contributed by atoms with Crippen LogP contribution in [0.25, 0.3) is 0 Å². The summed E-state index contributed by atoms with van der Waals surface area (Å²) in [7, 11) is 0. The molecule has 3 aromatic rings. The second-order valence-electron chi connectivity index (χ2n) is 5.93. The molecule has 9 heteroatoms. The van der Waals surface area contributed by atoms with E-state index in [1.54, 1.807) is 12.1 Å². The van der Waals surface area contributed by atoms with Gasteiger partial charge in [-0.3, -0.25) is 14.9 Å². The van der Waals surface area contributed by atoms with Crippen molar-refractivity contribution in [2.24, 2.45) is 0 Å². The molecule has 1 amide bonds. The smallest absolute Gasteiger partial charge is 0.283 e. The Morgan fingerprint density at radius 1 is 1.07 bits per heavy atom. The Labute approximate surface area is 170 Å². The first kappa shape index (κ1) is 19.8. The highest BCUT2D eigenvalue weighted by molar-refractivity contribution is 7.99. The van der Waals surface area contributed by atoms with Crippen LogP contribution in [0.4, 0.5) is 11.4 Å². The normalized spacial score (nSPS) is 10.5. The number of nitro benzene ring substituents is 1. The molecule has 7 nitrogen and oxygen atoms in total. The van der Waals surface area contributed by atoms with Gasteiger partial charge in [0.2, 0.25) is 0 Å². The third-order valence-corrected chi connectivity index (χ3v) is 4.79. The average Bonchev–Trinajstić information content (AvgIpc) is 2.62. The Balaban J connectivity index is 1.74. The molecule has 0 atom stereocenters. The molecule has 0 fully saturated rings. The number of aromatic nitrogens is 2. The van der Waals surface area contributed by atoms with Gasteiger partial charge in [-0.25, -0.2) is 9.97 Å². The summed E-state index contributed by atoms with van der Waals surface area (Å²) >= 11 is 7.19. The van der Waals surface area contributed by atoms with E-state index in [1.165, 1.54) is 23.9 Å². The molecule has 0 aliphatic heterocycles. The molecule has 0 saturated carbocycles. The fourth-order valence-corrected chi connectivity index (χ4v) is 3.53. The van der Waals surface area contributed by atoms with Gasteiger partial charge in [0.25, 0.3) is 11.6 Å². The lowest BCUT2D eigenvalue weighted by Crippen LogP contribution is -2.13. The molecule has 0 aliphatic carbocycles. The number of hydrogen-bond acceptors (Lipinski definition) is 6. The highest BCUT2D eigenvalue weighted by Gasteiger charge is 2.20. The minimum atomic E-state index is -0.635. The average molecular weight is 415 g/mol. The molecule has 0 spiro atoms. The first-order valence-electron chi connectivity index (χ1n) is 8.17. The van der Waals surface area contributed by atoms with Crippen LogP contribution < -0.4 is 5.32 Å². The molecule has 0 aliphatic rings. The Hall–Kier alpha value is -2.97. The lowest BCUT2D eigenvalue weighted by molar-refractivity contribution is -0.385. The number of hydrogen-bond donors (Lipinski definition) is 1. The first-order chi connectivity index (χ1) is 13.3. The van der Waals surface area contributed by atoms with Gasteiger partial charge in [0.05, 0.1) is 4.92 Å². The highest BCUT2D eigenvalue weighted by Crippen LogP contribution is 2.27. The van der Waals surface area contributed by atoms with Crippen molar-refractivity contribution in [3.63, 3.8) is 0 Å². The van der Waals surface area contributed by atoms with Crippen molar-refractivity contribution in [2.45, 2.75) is 23.9 Å². The second-order valence-corrected chi connectivity index (χ2v) is 7.41. The Morgan fingerprint density at radius 3 is 2.32 bits per heavy atom. The Kier molecular flexibility index (Phi) is 5.91. The number of carbonyl (C=O) groups is 1. The van der Waals surface area contributed by atoms with E-state index >= 15 is 0 Å². The molecule has 0 radical (unpaired) electrons. The summed E-state index contributed by atoms with van der Waals surface area (Å²) in [6.45, 7) is 3.82. The van der Waals surface area contributed by atoms with Gasteiger partial charge in [0, 0.05) is 33.1 Å². The third kappa shape index (κ3) is 4.85. The molecule has 2 aromatic carbocycles. The minimum Gasteiger partial charge on any atom is -0.322 e. The van der Waals surface area contributed by atoms with Gasteiger partial charge in [-0.1, -0.05) is 11.6 Å². The largest absolute Gasteiger partial charge is 0.322 e. The van der Waals surface area contributed by atoms with Crippen molar-refractivity contribution in [3.05, 3.63) is 80.6 Å². The molecular weight excluding hydrogens is 400 g/mol. The fourth-order valence-electron chi connectivity index (χ4n) is 2.50. The number of benzene rings is 2. The summed E-state index contributed by atoms with van der Waals surface area (Å²) in [5.74, 6) is -0.582. The molecule has 28 heavy (non-hydrogen) atoms. The third-order valence-electron chi connectivity index (χ3n) is 3.68.